The Kier molecular flexibility index (Phi) is 5.42. The van der Waals surface area contributed by atoms with Gasteiger partial charge in [0.15, 0.2) is 11.5 Å². The molecule has 3 heterocycles. The summed E-state index contributed by atoms with van der Waals surface area (Å²) in [5, 5.41) is 0. The van der Waals surface area contributed by atoms with Crippen LogP contribution in [-0.4, -0.2) is 45.8 Å². The minimum absolute atomic E-state index is 0.348. The number of nitrogen functional groups attached to an aromatic ring is 1. The molecule has 1 aliphatic carbocycles. The molecule has 0 spiro atoms. The van der Waals surface area contributed by atoms with Crippen LogP contribution in [0.5, 0.6) is 5.88 Å². The van der Waals surface area contributed by atoms with Crippen molar-refractivity contribution in [3.05, 3.63) is 41.7 Å². The third-order valence-electron chi connectivity index (χ3n) is 7.18. The summed E-state index contributed by atoms with van der Waals surface area (Å²) in [6, 6.07) is 8.92. The maximum atomic E-state index is 6.11. The van der Waals surface area contributed by atoms with E-state index in [0.29, 0.717) is 23.3 Å². The van der Waals surface area contributed by atoms with Crippen molar-refractivity contribution in [2.75, 3.05) is 25.4 Å². The average molecular weight is 420 g/mol. The van der Waals surface area contributed by atoms with Crippen LogP contribution in [0, 0.1) is 5.92 Å². The third-order valence-corrected chi connectivity index (χ3v) is 7.18. The molecule has 0 atom stereocenters. The highest BCUT2D eigenvalue weighted by atomic mass is 16.5. The van der Waals surface area contributed by atoms with E-state index in [0.717, 1.165) is 17.2 Å². The van der Waals surface area contributed by atoms with Gasteiger partial charge in [-0.2, -0.15) is 4.98 Å². The van der Waals surface area contributed by atoms with E-state index in [1.165, 1.54) is 70.0 Å². The Labute approximate surface area is 184 Å². The minimum Gasteiger partial charge on any atom is -0.463 e. The molecule has 5 rings (SSSR count). The van der Waals surface area contributed by atoms with Gasteiger partial charge in [0.2, 0.25) is 5.88 Å². The van der Waals surface area contributed by atoms with Crippen molar-refractivity contribution in [1.82, 2.24) is 14.9 Å². The van der Waals surface area contributed by atoms with Crippen molar-refractivity contribution in [3.63, 3.8) is 0 Å². The number of aliphatic imine (C=N–C) groups is 1. The fraction of sp³-hybridized carbons (Fsp3) is 0.560. The SMILES string of the molecule is CC1(C)Oc2ncnc(N)c2N=C1c1ccc(C2CCC(CN3CCCC3)CC2)cc1. The number of hydrogen-bond acceptors (Lipinski definition) is 6. The van der Waals surface area contributed by atoms with Crippen molar-refractivity contribution >= 4 is 17.2 Å². The van der Waals surface area contributed by atoms with Gasteiger partial charge in [0.1, 0.15) is 11.9 Å². The molecule has 1 aromatic carbocycles. The summed E-state index contributed by atoms with van der Waals surface area (Å²) in [5.41, 5.74) is 9.33. The molecule has 1 aromatic heterocycles. The van der Waals surface area contributed by atoms with E-state index in [2.05, 4.69) is 39.1 Å². The van der Waals surface area contributed by atoms with Crippen LogP contribution in [0.2, 0.25) is 0 Å². The van der Waals surface area contributed by atoms with Crippen LogP contribution >= 0.6 is 0 Å². The number of ether oxygens (including phenoxy) is 1. The predicted octanol–water partition coefficient (Wildman–Crippen LogP) is 4.72. The molecule has 0 radical (unpaired) electrons. The maximum absolute atomic E-state index is 6.11. The zero-order chi connectivity index (χ0) is 21.4. The normalized spacial score (nSPS) is 25.5. The Morgan fingerprint density at radius 2 is 1.74 bits per heavy atom. The lowest BCUT2D eigenvalue weighted by Crippen LogP contribution is -2.41. The number of nitrogens with zero attached hydrogens (tertiary/aromatic N) is 4. The monoisotopic (exact) mass is 419 g/mol. The first-order valence-corrected chi connectivity index (χ1v) is 11.7. The standard InChI is InChI=1S/C25H33N5O/c1-25(2)22(29-21-23(26)27-16-28-24(21)31-25)20-11-9-19(10-12-20)18-7-5-17(6-8-18)15-30-13-3-4-14-30/h9-12,16-18H,3-8,13-15H2,1-2H3,(H2,26,27,28). The van der Waals surface area contributed by atoms with Crippen molar-refractivity contribution < 1.29 is 4.74 Å². The second-order valence-electron chi connectivity index (χ2n) is 9.83. The molecular weight excluding hydrogens is 386 g/mol. The van der Waals surface area contributed by atoms with Gasteiger partial charge in [0.05, 0.1) is 5.71 Å². The van der Waals surface area contributed by atoms with Crippen molar-refractivity contribution in [2.45, 2.75) is 63.9 Å². The summed E-state index contributed by atoms with van der Waals surface area (Å²) < 4.78 is 6.11. The van der Waals surface area contributed by atoms with Gasteiger partial charge in [0, 0.05) is 12.1 Å². The van der Waals surface area contributed by atoms with Crippen LogP contribution in [-0.2, 0) is 0 Å². The lowest BCUT2D eigenvalue weighted by atomic mass is 9.78. The smallest absolute Gasteiger partial charge is 0.246 e. The second-order valence-corrected chi connectivity index (χ2v) is 9.83. The molecule has 3 aliphatic rings. The number of rotatable bonds is 4. The topological polar surface area (TPSA) is 76.6 Å². The highest BCUT2D eigenvalue weighted by Crippen LogP contribution is 2.40. The van der Waals surface area contributed by atoms with Crippen LogP contribution in [0.3, 0.4) is 0 Å². The van der Waals surface area contributed by atoms with Gasteiger partial charge in [-0.3, -0.25) is 0 Å². The predicted molar refractivity (Wildman–Crippen MR) is 124 cm³/mol. The fourth-order valence-electron chi connectivity index (χ4n) is 5.43. The Morgan fingerprint density at radius 1 is 1.03 bits per heavy atom. The van der Waals surface area contributed by atoms with Gasteiger partial charge in [0.25, 0.3) is 0 Å². The Hall–Kier alpha value is -2.47. The van der Waals surface area contributed by atoms with Gasteiger partial charge in [-0.25, -0.2) is 9.98 Å². The molecule has 2 aliphatic heterocycles. The van der Waals surface area contributed by atoms with Gasteiger partial charge < -0.3 is 15.4 Å². The number of aromatic nitrogens is 2. The lowest BCUT2D eigenvalue weighted by molar-refractivity contribution is 0.171. The maximum Gasteiger partial charge on any atom is 0.246 e. The first-order valence-electron chi connectivity index (χ1n) is 11.7. The van der Waals surface area contributed by atoms with Gasteiger partial charge in [-0.05, 0) is 82.9 Å². The van der Waals surface area contributed by atoms with E-state index in [-0.39, 0.29) is 0 Å². The number of likely N-dealkylation sites (tertiary alicyclic amines) is 1. The summed E-state index contributed by atoms with van der Waals surface area (Å²) in [5.74, 6) is 2.35. The van der Waals surface area contributed by atoms with E-state index in [1.54, 1.807) is 0 Å². The number of benzene rings is 1. The number of nitrogens with two attached hydrogens (primary N) is 1. The van der Waals surface area contributed by atoms with Crippen molar-refractivity contribution in [2.24, 2.45) is 10.9 Å². The van der Waals surface area contributed by atoms with Crippen LogP contribution < -0.4 is 10.5 Å². The minimum atomic E-state index is -0.580. The quantitative estimate of drug-likeness (QED) is 0.776. The molecule has 2 aromatic rings. The summed E-state index contributed by atoms with van der Waals surface area (Å²) in [6.45, 7) is 7.97. The van der Waals surface area contributed by atoms with Crippen molar-refractivity contribution in [3.8, 4) is 5.88 Å². The van der Waals surface area contributed by atoms with Crippen LogP contribution in [0.25, 0.3) is 0 Å². The zero-order valence-corrected chi connectivity index (χ0v) is 18.7. The molecule has 0 unspecified atom stereocenters. The molecule has 1 saturated heterocycles. The summed E-state index contributed by atoms with van der Waals surface area (Å²) in [7, 11) is 0. The third kappa shape index (κ3) is 4.18. The van der Waals surface area contributed by atoms with Gasteiger partial charge >= 0.3 is 0 Å². The van der Waals surface area contributed by atoms with E-state index in [4.69, 9.17) is 15.5 Å². The van der Waals surface area contributed by atoms with E-state index in [1.807, 2.05) is 13.8 Å². The van der Waals surface area contributed by atoms with E-state index in [9.17, 15) is 0 Å². The highest BCUT2D eigenvalue weighted by molar-refractivity contribution is 6.09. The number of fused-ring (bicyclic) bond motifs is 1. The molecule has 164 valence electrons. The molecule has 2 fully saturated rings. The van der Waals surface area contributed by atoms with Gasteiger partial charge in [-0.1, -0.05) is 24.3 Å². The fourth-order valence-corrected chi connectivity index (χ4v) is 5.43. The Morgan fingerprint density at radius 3 is 2.45 bits per heavy atom. The summed E-state index contributed by atoms with van der Waals surface area (Å²) in [6.07, 6.45) is 9.50. The van der Waals surface area contributed by atoms with Crippen molar-refractivity contribution in [1.29, 1.82) is 0 Å². The first-order chi connectivity index (χ1) is 15.0. The van der Waals surface area contributed by atoms with Crippen LogP contribution in [0.1, 0.15) is 69.4 Å². The molecule has 2 N–H and O–H groups in total. The Bertz CT molecular complexity index is 954. The van der Waals surface area contributed by atoms with Crippen LogP contribution in [0.15, 0.2) is 35.6 Å². The lowest BCUT2D eigenvalue weighted by Gasteiger charge is -2.33. The molecular formula is C25H33N5O. The number of anilines is 1. The van der Waals surface area contributed by atoms with E-state index >= 15 is 0 Å². The molecule has 31 heavy (non-hydrogen) atoms. The summed E-state index contributed by atoms with van der Waals surface area (Å²) >= 11 is 0. The zero-order valence-electron chi connectivity index (χ0n) is 18.7. The molecule has 6 nitrogen and oxygen atoms in total. The molecule has 1 saturated carbocycles. The molecule has 0 bridgehead atoms. The van der Waals surface area contributed by atoms with E-state index < -0.39 is 5.60 Å². The van der Waals surface area contributed by atoms with Gasteiger partial charge in [-0.15, -0.1) is 0 Å². The summed E-state index contributed by atoms with van der Waals surface area (Å²) in [4.78, 5) is 15.7. The second kappa shape index (κ2) is 8.23. The highest BCUT2D eigenvalue weighted by Gasteiger charge is 2.35. The largest absolute Gasteiger partial charge is 0.463 e. The molecule has 0 amide bonds. The Balaban J connectivity index is 1.28. The first kappa shape index (κ1) is 20.4. The number of hydrogen-bond donors (Lipinski definition) is 1. The average Bonchev–Trinajstić information content (AvgIpc) is 3.27. The molecule has 6 heteroatoms. The van der Waals surface area contributed by atoms with Crippen LogP contribution in [0.4, 0.5) is 11.5 Å².